The van der Waals surface area contributed by atoms with E-state index in [9.17, 15) is 5.11 Å². The van der Waals surface area contributed by atoms with E-state index in [-0.39, 0.29) is 6.61 Å². The smallest absolute Gasteiger partial charge is 0.154 e. The molecule has 100 valence electrons. The van der Waals surface area contributed by atoms with Crippen molar-refractivity contribution in [2.45, 2.75) is 19.9 Å². The number of rotatable bonds is 2. The van der Waals surface area contributed by atoms with E-state index < -0.39 is 6.04 Å². The Kier molecular flexibility index (Phi) is 2.82. The van der Waals surface area contributed by atoms with Crippen LogP contribution in [0.15, 0.2) is 21.0 Å². The normalized spacial score (nSPS) is 13.5. The Hall–Kier alpha value is -1.49. The topological polar surface area (TPSA) is 72.5 Å². The number of halogens is 1. The Morgan fingerprint density at radius 3 is 2.37 bits per heavy atom. The molecular formula is C14H14ClNO3. The summed E-state index contributed by atoms with van der Waals surface area (Å²) in [7, 11) is 0. The standard InChI is InChI=1S/C14H14ClNO3/c1-6-3-8-11(10(16)5-17)13-9(4-7(2)18-13)12(15)14(8)19-6/h3-4,10,17H,5,16H2,1-2H3. The fraction of sp³-hybridized carbons (Fsp3) is 0.286. The van der Waals surface area contributed by atoms with Gasteiger partial charge >= 0.3 is 0 Å². The zero-order valence-electron chi connectivity index (χ0n) is 10.7. The van der Waals surface area contributed by atoms with Gasteiger partial charge in [0.25, 0.3) is 0 Å². The van der Waals surface area contributed by atoms with Crippen LogP contribution in [-0.4, -0.2) is 11.7 Å². The van der Waals surface area contributed by atoms with Crippen molar-refractivity contribution in [2.75, 3.05) is 6.61 Å². The Labute approximate surface area is 114 Å². The molecule has 3 N–H and O–H groups in total. The van der Waals surface area contributed by atoms with Crippen LogP contribution in [0.3, 0.4) is 0 Å². The van der Waals surface area contributed by atoms with E-state index in [0.717, 1.165) is 27.9 Å². The van der Waals surface area contributed by atoms with Crippen molar-refractivity contribution >= 4 is 33.5 Å². The van der Waals surface area contributed by atoms with Crippen LogP contribution in [0.4, 0.5) is 0 Å². The number of hydrogen-bond donors (Lipinski definition) is 2. The van der Waals surface area contributed by atoms with Crippen molar-refractivity contribution in [1.29, 1.82) is 0 Å². The molecule has 19 heavy (non-hydrogen) atoms. The lowest BCUT2D eigenvalue weighted by Crippen LogP contribution is -2.15. The molecule has 0 bridgehead atoms. The number of furan rings is 2. The fourth-order valence-electron chi connectivity index (χ4n) is 2.46. The summed E-state index contributed by atoms with van der Waals surface area (Å²) >= 11 is 6.36. The van der Waals surface area contributed by atoms with Crippen LogP contribution in [-0.2, 0) is 0 Å². The van der Waals surface area contributed by atoms with Crippen molar-refractivity contribution < 1.29 is 13.9 Å². The van der Waals surface area contributed by atoms with Crippen molar-refractivity contribution in [1.82, 2.24) is 0 Å². The van der Waals surface area contributed by atoms with Crippen molar-refractivity contribution in [2.24, 2.45) is 5.73 Å². The molecular weight excluding hydrogens is 266 g/mol. The maximum atomic E-state index is 9.36. The molecule has 0 fully saturated rings. The summed E-state index contributed by atoms with van der Waals surface area (Å²) in [6.07, 6.45) is 0. The lowest BCUT2D eigenvalue weighted by atomic mass is 10.0. The molecule has 0 aliphatic carbocycles. The first-order chi connectivity index (χ1) is 9.02. The molecule has 4 nitrogen and oxygen atoms in total. The quantitative estimate of drug-likeness (QED) is 0.754. The number of hydrogen-bond acceptors (Lipinski definition) is 4. The average molecular weight is 280 g/mol. The lowest BCUT2D eigenvalue weighted by Gasteiger charge is -2.11. The van der Waals surface area contributed by atoms with Gasteiger partial charge in [0.1, 0.15) is 17.1 Å². The number of aliphatic hydroxyl groups excluding tert-OH is 1. The number of nitrogens with two attached hydrogens (primary N) is 1. The molecule has 3 aromatic rings. The molecule has 0 aliphatic heterocycles. The summed E-state index contributed by atoms with van der Waals surface area (Å²) in [5, 5.41) is 11.4. The summed E-state index contributed by atoms with van der Waals surface area (Å²) < 4.78 is 11.3. The van der Waals surface area contributed by atoms with Crippen LogP contribution in [0.5, 0.6) is 0 Å². The van der Waals surface area contributed by atoms with Gasteiger partial charge in [-0.3, -0.25) is 0 Å². The van der Waals surface area contributed by atoms with E-state index in [2.05, 4.69) is 0 Å². The number of aliphatic hydroxyl groups is 1. The van der Waals surface area contributed by atoms with Crippen molar-refractivity contribution in [3.63, 3.8) is 0 Å². The maximum Gasteiger partial charge on any atom is 0.154 e. The Bertz CT molecular complexity index is 714. The van der Waals surface area contributed by atoms with E-state index in [0.29, 0.717) is 16.2 Å². The van der Waals surface area contributed by atoms with Gasteiger partial charge in [0.15, 0.2) is 5.58 Å². The van der Waals surface area contributed by atoms with Crippen LogP contribution >= 0.6 is 11.6 Å². The summed E-state index contributed by atoms with van der Waals surface area (Å²) in [5.41, 5.74) is 7.95. The molecule has 0 saturated heterocycles. The highest BCUT2D eigenvalue weighted by Crippen LogP contribution is 2.41. The predicted molar refractivity (Wildman–Crippen MR) is 74.5 cm³/mol. The average Bonchev–Trinajstić information content (AvgIpc) is 2.92. The number of fused-ring (bicyclic) bond motifs is 2. The van der Waals surface area contributed by atoms with Gasteiger partial charge in [-0.25, -0.2) is 0 Å². The summed E-state index contributed by atoms with van der Waals surface area (Å²) in [6.45, 7) is 3.52. The molecule has 0 aliphatic rings. The second kappa shape index (κ2) is 4.27. The summed E-state index contributed by atoms with van der Waals surface area (Å²) in [5.74, 6) is 1.49. The second-order valence-corrected chi connectivity index (χ2v) is 5.09. The molecule has 2 aromatic heterocycles. The van der Waals surface area contributed by atoms with Gasteiger partial charge in [-0.05, 0) is 26.0 Å². The van der Waals surface area contributed by atoms with Gasteiger partial charge in [0.05, 0.1) is 17.7 Å². The van der Waals surface area contributed by atoms with Crippen molar-refractivity contribution in [3.05, 3.63) is 34.2 Å². The molecule has 1 aromatic carbocycles. The maximum absolute atomic E-state index is 9.36. The highest BCUT2D eigenvalue weighted by atomic mass is 35.5. The third kappa shape index (κ3) is 1.75. The number of benzene rings is 1. The van der Waals surface area contributed by atoms with E-state index in [4.69, 9.17) is 26.2 Å². The van der Waals surface area contributed by atoms with Gasteiger partial charge in [-0.1, -0.05) is 11.6 Å². The minimum absolute atomic E-state index is 0.171. The first kappa shape index (κ1) is 12.5. The lowest BCUT2D eigenvalue weighted by molar-refractivity contribution is 0.268. The molecule has 1 atom stereocenters. The van der Waals surface area contributed by atoms with Crippen LogP contribution in [0.25, 0.3) is 21.9 Å². The Balaban J connectivity index is 2.54. The summed E-state index contributed by atoms with van der Waals surface area (Å²) in [6, 6.07) is 3.18. The largest absolute Gasteiger partial charge is 0.461 e. The van der Waals surface area contributed by atoms with Crippen LogP contribution in [0.1, 0.15) is 23.1 Å². The molecule has 0 amide bonds. The van der Waals surface area contributed by atoms with Crippen LogP contribution in [0, 0.1) is 13.8 Å². The van der Waals surface area contributed by atoms with E-state index >= 15 is 0 Å². The highest BCUT2D eigenvalue weighted by Gasteiger charge is 2.23. The van der Waals surface area contributed by atoms with E-state index in [1.54, 1.807) is 0 Å². The molecule has 1 unspecified atom stereocenters. The van der Waals surface area contributed by atoms with Gasteiger partial charge in [0.2, 0.25) is 0 Å². The second-order valence-electron chi connectivity index (χ2n) is 4.72. The molecule has 3 rings (SSSR count). The molecule has 2 heterocycles. The van der Waals surface area contributed by atoms with Gasteiger partial charge in [-0.15, -0.1) is 0 Å². The SMILES string of the molecule is Cc1cc2c(C(N)CO)c3oc(C)cc3c(Cl)c2o1. The first-order valence-electron chi connectivity index (χ1n) is 6.01. The van der Waals surface area contributed by atoms with Gasteiger partial charge in [-0.2, -0.15) is 0 Å². The molecule has 0 radical (unpaired) electrons. The zero-order chi connectivity index (χ0) is 13.7. The monoisotopic (exact) mass is 279 g/mol. The fourth-order valence-corrected chi connectivity index (χ4v) is 2.74. The Morgan fingerprint density at radius 2 is 1.74 bits per heavy atom. The van der Waals surface area contributed by atoms with Crippen molar-refractivity contribution in [3.8, 4) is 0 Å². The zero-order valence-corrected chi connectivity index (χ0v) is 11.4. The molecule has 5 heteroatoms. The Morgan fingerprint density at radius 1 is 1.16 bits per heavy atom. The third-order valence-electron chi connectivity index (χ3n) is 3.25. The van der Waals surface area contributed by atoms with Gasteiger partial charge < -0.3 is 19.7 Å². The van der Waals surface area contributed by atoms with Crippen LogP contribution in [0.2, 0.25) is 5.02 Å². The third-order valence-corrected chi connectivity index (χ3v) is 3.62. The van der Waals surface area contributed by atoms with E-state index in [1.807, 2.05) is 26.0 Å². The van der Waals surface area contributed by atoms with Gasteiger partial charge in [0, 0.05) is 16.3 Å². The first-order valence-corrected chi connectivity index (χ1v) is 6.38. The number of aryl methyl sites for hydroxylation is 2. The van der Waals surface area contributed by atoms with E-state index in [1.165, 1.54) is 0 Å². The minimum atomic E-state index is -0.537. The van der Waals surface area contributed by atoms with Crippen LogP contribution < -0.4 is 5.73 Å². The molecule has 0 spiro atoms. The minimum Gasteiger partial charge on any atom is -0.461 e. The predicted octanol–water partition coefficient (Wildman–Crippen LogP) is 3.44. The molecule has 0 saturated carbocycles. The highest BCUT2D eigenvalue weighted by molar-refractivity contribution is 6.40. The summed E-state index contributed by atoms with van der Waals surface area (Å²) in [4.78, 5) is 0.